The van der Waals surface area contributed by atoms with Crippen LogP contribution in [0.4, 0.5) is 0 Å². The van der Waals surface area contributed by atoms with E-state index in [1.54, 1.807) is 6.20 Å². The molecule has 0 atom stereocenters. The Morgan fingerprint density at radius 3 is 3.11 bits per heavy atom. The molecule has 0 amide bonds. The molecule has 4 heteroatoms. The van der Waals surface area contributed by atoms with E-state index in [1.807, 2.05) is 7.05 Å². The second-order valence-electron chi connectivity index (χ2n) is 1.63. The quantitative estimate of drug-likeness (QED) is 0.582. The molecule has 0 aliphatic carbocycles. The largest absolute Gasteiger partial charge is 0.314 e. The van der Waals surface area contributed by atoms with E-state index in [9.17, 15) is 0 Å². The zero-order valence-corrected chi connectivity index (χ0v) is 5.20. The van der Waals surface area contributed by atoms with Crippen molar-refractivity contribution >= 4 is 0 Å². The summed E-state index contributed by atoms with van der Waals surface area (Å²) in [5, 5.41) is 10.3. The Hall–Kier alpha value is -1.03. The number of aromatic nitrogens is 3. The smallest absolute Gasteiger partial charge is 0.138 e. The molecule has 1 aromatic rings. The van der Waals surface area contributed by atoms with Crippen molar-refractivity contribution in [2.24, 2.45) is 0 Å². The van der Waals surface area contributed by atoms with Crippen molar-refractivity contribution in [3.05, 3.63) is 18.2 Å². The van der Waals surface area contributed by atoms with Gasteiger partial charge in [0.15, 0.2) is 0 Å². The van der Waals surface area contributed by atoms with Crippen LogP contribution >= 0.6 is 0 Å². The van der Waals surface area contributed by atoms with E-state index in [-0.39, 0.29) is 0 Å². The Labute approximate surface area is 53.3 Å². The van der Waals surface area contributed by atoms with Crippen LogP contribution in [0.5, 0.6) is 0 Å². The molecule has 0 saturated carbocycles. The first-order valence-electron chi connectivity index (χ1n) is 2.69. The highest BCUT2D eigenvalue weighted by Crippen LogP contribution is 1.83. The van der Waals surface area contributed by atoms with Crippen molar-refractivity contribution in [2.45, 2.75) is 6.54 Å². The first-order chi connectivity index (χ1) is 4.43. The van der Waals surface area contributed by atoms with E-state index in [0.29, 0.717) is 0 Å². The molecule has 1 aromatic heterocycles. The predicted molar refractivity (Wildman–Crippen MR) is 32.6 cm³/mol. The number of hydrogen-bond donors (Lipinski definition) is 1. The first kappa shape index (κ1) is 6.10. The van der Waals surface area contributed by atoms with Crippen molar-refractivity contribution in [2.75, 3.05) is 7.05 Å². The molecule has 48 valence electrons. The lowest BCUT2D eigenvalue weighted by atomic mass is 10.5. The summed E-state index contributed by atoms with van der Waals surface area (Å²) in [5.74, 6) is 0. The van der Waals surface area contributed by atoms with E-state index in [0.717, 1.165) is 12.2 Å². The first-order valence-corrected chi connectivity index (χ1v) is 2.69. The molecule has 0 unspecified atom stereocenters. The molecule has 0 fully saturated rings. The Kier molecular flexibility index (Phi) is 2.09. The predicted octanol–water partition coefficient (Wildman–Crippen LogP) is -0.409. The van der Waals surface area contributed by atoms with Gasteiger partial charge in [0.1, 0.15) is 6.33 Å². The zero-order valence-electron chi connectivity index (χ0n) is 5.20. The average molecular weight is 124 g/mol. The molecule has 0 aliphatic heterocycles. The van der Waals surface area contributed by atoms with Gasteiger partial charge in [0.05, 0.1) is 11.9 Å². The lowest BCUT2D eigenvalue weighted by molar-refractivity contribution is 0.754. The van der Waals surface area contributed by atoms with Gasteiger partial charge in [0.2, 0.25) is 0 Å². The second kappa shape index (κ2) is 3.09. The molecule has 1 rings (SSSR count). The van der Waals surface area contributed by atoms with Crippen LogP contribution in [0.15, 0.2) is 12.5 Å². The van der Waals surface area contributed by atoms with Gasteiger partial charge in [-0.15, -0.1) is 5.10 Å². The van der Waals surface area contributed by atoms with Crippen molar-refractivity contribution in [1.29, 1.82) is 0 Å². The highest BCUT2D eigenvalue weighted by Gasteiger charge is 1.87. The van der Waals surface area contributed by atoms with Gasteiger partial charge in [-0.25, -0.2) is 4.98 Å². The second-order valence-corrected chi connectivity index (χ2v) is 1.63. The van der Waals surface area contributed by atoms with E-state index < -0.39 is 0 Å². The Balaban J connectivity index is 2.61. The van der Waals surface area contributed by atoms with Crippen LogP contribution in [0, 0.1) is 0 Å². The molecule has 0 aliphatic rings. The summed E-state index contributed by atoms with van der Waals surface area (Å²) < 4.78 is 0. The highest BCUT2D eigenvalue weighted by atomic mass is 15.1. The van der Waals surface area contributed by atoms with Crippen LogP contribution in [0.3, 0.4) is 0 Å². The molecular formula is C5H8N4. The van der Waals surface area contributed by atoms with Gasteiger partial charge in [0.25, 0.3) is 0 Å². The Morgan fingerprint density at radius 1 is 1.67 bits per heavy atom. The maximum atomic E-state index is 3.79. The van der Waals surface area contributed by atoms with Crippen molar-refractivity contribution < 1.29 is 0 Å². The average Bonchev–Trinajstić information content (AvgIpc) is 1.91. The van der Waals surface area contributed by atoms with Crippen LogP contribution < -0.4 is 5.32 Å². The number of nitrogens with zero attached hydrogens (tertiary/aromatic N) is 3. The fourth-order valence-electron chi connectivity index (χ4n) is 0.537. The molecule has 1 N–H and O–H groups in total. The standard InChI is InChI=1S/C5H8N4/c1-6-2-5-3-7-4-8-9-5/h3-4,6H,2H2,1H3. The minimum absolute atomic E-state index is 0.723. The molecule has 9 heavy (non-hydrogen) atoms. The lowest BCUT2D eigenvalue weighted by Crippen LogP contribution is -2.07. The van der Waals surface area contributed by atoms with Crippen molar-refractivity contribution in [3.8, 4) is 0 Å². The van der Waals surface area contributed by atoms with Gasteiger partial charge in [-0.2, -0.15) is 5.10 Å². The van der Waals surface area contributed by atoms with Gasteiger partial charge in [-0.1, -0.05) is 0 Å². The maximum Gasteiger partial charge on any atom is 0.138 e. The summed E-state index contributed by atoms with van der Waals surface area (Å²) in [4.78, 5) is 3.79. The SMILES string of the molecule is CNCc1cncnn1. The van der Waals surface area contributed by atoms with Crippen LogP contribution in [-0.2, 0) is 6.54 Å². The molecular weight excluding hydrogens is 116 g/mol. The molecule has 0 spiro atoms. The summed E-state index contributed by atoms with van der Waals surface area (Å²) >= 11 is 0. The summed E-state index contributed by atoms with van der Waals surface area (Å²) in [7, 11) is 1.86. The summed E-state index contributed by atoms with van der Waals surface area (Å²) in [6, 6.07) is 0. The van der Waals surface area contributed by atoms with Gasteiger partial charge in [0, 0.05) is 6.54 Å². The van der Waals surface area contributed by atoms with Crippen LogP contribution in [0.25, 0.3) is 0 Å². The highest BCUT2D eigenvalue weighted by molar-refractivity contribution is 4.88. The fraction of sp³-hybridized carbons (Fsp3) is 0.400. The monoisotopic (exact) mass is 124 g/mol. The minimum Gasteiger partial charge on any atom is -0.314 e. The number of nitrogens with one attached hydrogen (secondary N) is 1. The van der Waals surface area contributed by atoms with Crippen LogP contribution in [0.1, 0.15) is 5.69 Å². The third-order valence-electron chi connectivity index (χ3n) is 0.886. The minimum atomic E-state index is 0.723. The zero-order chi connectivity index (χ0) is 6.53. The van der Waals surface area contributed by atoms with Crippen LogP contribution in [-0.4, -0.2) is 22.2 Å². The topological polar surface area (TPSA) is 50.7 Å². The van der Waals surface area contributed by atoms with Gasteiger partial charge < -0.3 is 5.32 Å². The summed E-state index contributed by atoms with van der Waals surface area (Å²) in [6.07, 6.45) is 3.10. The molecule has 0 radical (unpaired) electrons. The molecule has 0 bridgehead atoms. The van der Waals surface area contributed by atoms with E-state index >= 15 is 0 Å². The normalized spacial score (nSPS) is 9.44. The Morgan fingerprint density at radius 2 is 2.56 bits per heavy atom. The van der Waals surface area contributed by atoms with E-state index in [4.69, 9.17) is 0 Å². The Bertz CT molecular complexity index is 162. The third-order valence-corrected chi connectivity index (χ3v) is 0.886. The lowest BCUT2D eigenvalue weighted by Gasteiger charge is -1.92. The molecule has 4 nitrogen and oxygen atoms in total. The fourth-order valence-corrected chi connectivity index (χ4v) is 0.537. The van der Waals surface area contributed by atoms with Crippen LogP contribution in [0.2, 0.25) is 0 Å². The number of rotatable bonds is 2. The number of hydrogen-bond acceptors (Lipinski definition) is 4. The van der Waals surface area contributed by atoms with Crippen molar-refractivity contribution in [3.63, 3.8) is 0 Å². The summed E-state index contributed by atoms with van der Waals surface area (Å²) in [6.45, 7) is 0.723. The molecule has 0 saturated heterocycles. The summed E-state index contributed by atoms with van der Waals surface area (Å²) in [5.41, 5.74) is 0.861. The van der Waals surface area contributed by atoms with Gasteiger partial charge >= 0.3 is 0 Å². The van der Waals surface area contributed by atoms with E-state index in [1.165, 1.54) is 6.33 Å². The van der Waals surface area contributed by atoms with Gasteiger partial charge in [-0.3, -0.25) is 0 Å². The van der Waals surface area contributed by atoms with E-state index in [2.05, 4.69) is 20.5 Å². The third kappa shape index (κ3) is 1.73. The molecule has 0 aromatic carbocycles. The van der Waals surface area contributed by atoms with Crippen molar-refractivity contribution in [1.82, 2.24) is 20.5 Å². The maximum absolute atomic E-state index is 3.79. The molecule has 1 heterocycles. The van der Waals surface area contributed by atoms with Gasteiger partial charge in [-0.05, 0) is 7.05 Å².